The molecule has 1 atom stereocenters. The number of nitrogens with one attached hydrogen (secondary N) is 2. The largest absolute Gasteiger partial charge is 0.351 e. The van der Waals surface area contributed by atoms with Crippen LogP contribution in [0.1, 0.15) is 22.4 Å². The first-order chi connectivity index (χ1) is 10.1. The monoisotopic (exact) mass is 284 g/mol. The van der Waals surface area contributed by atoms with E-state index >= 15 is 0 Å². The molecular formula is C16H20N4O. The van der Waals surface area contributed by atoms with E-state index in [-0.39, 0.29) is 11.9 Å². The topological polar surface area (TPSA) is 59.0 Å². The summed E-state index contributed by atoms with van der Waals surface area (Å²) in [7, 11) is 1.90. The van der Waals surface area contributed by atoms with E-state index in [4.69, 9.17) is 0 Å². The van der Waals surface area contributed by atoms with E-state index in [1.165, 1.54) is 11.1 Å². The molecule has 0 spiro atoms. The van der Waals surface area contributed by atoms with Crippen molar-refractivity contribution >= 4 is 5.91 Å². The molecular weight excluding hydrogens is 264 g/mol. The summed E-state index contributed by atoms with van der Waals surface area (Å²) in [5.74, 6) is 0.0488. The molecule has 3 rings (SSSR count). The van der Waals surface area contributed by atoms with Crippen molar-refractivity contribution in [2.24, 2.45) is 7.05 Å². The first kappa shape index (κ1) is 13.8. The van der Waals surface area contributed by atoms with Crippen LogP contribution in [-0.2, 0) is 31.4 Å². The maximum Gasteiger partial charge on any atom is 0.237 e. The van der Waals surface area contributed by atoms with Gasteiger partial charge in [-0.05, 0) is 24.5 Å². The Morgan fingerprint density at radius 1 is 1.43 bits per heavy atom. The zero-order valence-electron chi connectivity index (χ0n) is 12.4. The minimum atomic E-state index is -0.156. The van der Waals surface area contributed by atoms with Crippen molar-refractivity contribution in [1.29, 1.82) is 0 Å². The first-order valence-corrected chi connectivity index (χ1v) is 7.20. The van der Waals surface area contributed by atoms with Crippen molar-refractivity contribution < 1.29 is 4.79 Å². The highest BCUT2D eigenvalue weighted by atomic mass is 16.2. The number of nitrogens with zero attached hydrogens (tertiary/aromatic N) is 2. The van der Waals surface area contributed by atoms with Gasteiger partial charge in [-0.25, -0.2) is 0 Å². The third-order valence-electron chi connectivity index (χ3n) is 4.19. The molecule has 1 aliphatic rings. The second-order valence-corrected chi connectivity index (χ2v) is 5.50. The highest BCUT2D eigenvalue weighted by Gasteiger charge is 2.23. The van der Waals surface area contributed by atoms with Crippen LogP contribution in [0.4, 0.5) is 0 Å². The van der Waals surface area contributed by atoms with Crippen LogP contribution in [-0.4, -0.2) is 21.7 Å². The Bertz CT molecular complexity index is 662. The average Bonchev–Trinajstić information content (AvgIpc) is 2.84. The molecule has 2 heterocycles. The number of aromatic nitrogens is 2. The van der Waals surface area contributed by atoms with Gasteiger partial charge in [-0.1, -0.05) is 24.3 Å². The van der Waals surface area contributed by atoms with Crippen LogP contribution in [0.15, 0.2) is 30.5 Å². The van der Waals surface area contributed by atoms with E-state index in [1.807, 2.05) is 30.8 Å². The Morgan fingerprint density at radius 3 is 2.90 bits per heavy atom. The third-order valence-corrected chi connectivity index (χ3v) is 4.19. The number of amides is 1. The zero-order valence-corrected chi connectivity index (χ0v) is 12.4. The van der Waals surface area contributed by atoms with E-state index in [9.17, 15) is 4.79 Å². The summed E-state index contributed by atoms with van der Waals surface area (Å²) < 4.78 is 1.82. The van der Waals surface area contributed by atoms with E-state index in [2.05, 4.69) is 27.9 Å². The van der Waals surface area contributed by atoms with E-state index in [0.717, 1.165) is 24.2 Å². The summed E-state index contributed by atoms with van der Waals surface area (Å²) in [6, 6.07) is 8.11. The fourth-order valence-corrected chi connectivity index (χ4v) is 2.66. The molecule has 0 unspecified atom stereocenters. The Labute approximate surface area is 124 Å². The van der Waals surface area contributed by atoms with Crippen molar-refractivity contribution in [1.82, 2.24) is 20.4 Å². The molecule has 0 radical (unpaired) electrons. The van der Waals surface area contributed by atoms with Crippen LogP contribution >= 0.6 is 0 Å². The number of rotatable bonds is 3. The van der Waals surface area contributed by atoms with Crippen LogP contribution in [0, 0.1) is 6.92 Å². The summed E-state index contributed by atoms with van der Waals surface area (Å²) in [4.78, 5) is 12.3. The van der Waals surface area contributed by atoms with E-state index in [1.54, 1.807) is 6.20 Å². The third kappa shape index (κ3) is 2.83. The maximum atomic E-state index is 12.3. The minimum Gasteiger partial charge on any atom is -0.351 e. The lowest BCUT2D eigenvalue weighted by molar-refractivity contribution is -0.123. The number of aryl methyl sites for hydroxylation is 1. The summed E-state index contributed by atoms with van der Waals surface area (Å²) in [5.41, 5.74) is 4.68. The van der Waals surface area contributed by atoms with Crippen molar-refractivity contribution in [2.75, 3.05) is 0 Å². The number of carbonyl (C=O) groups excluding carboxylic acids is 1. The van der Waals surface area contributed by atoms with Crippen LogP contribution < -0.4 is 10.6 Å². The van der Waals surface area contributed by atoms with Gasteiger partial charge in [0, 0.05) is 31.4 Å². The van der Waals surface area contributed by atoms with Crippen molar-refractivity contribution in [2.45, 2.75) is 32.5 Å². The molecule has 1 amide bonds. The number of carbonyl (C=O) groups is 1. The summed E-state index contributed by atoms with van der Waals surface area (Å²) in [5, 5.41) is 10.5. The Balaban J connectivity index is 1.61. The molecule has 21 heavy (non-hydrogen) atoms. The lowest BCUT2D eigenvalue weighted by Crippen LogP contribution is -2.47. The summed E-state index contributed by atoms with van der Waals surface area (Å²) in [6.07, 6.45) is 2.55. The Kier molecular flexibility index (Phi) is 3.75. The first-order valence-electron chi connectivity index (χ1n) is 7.20. The zero-order chi connectivity index (χ0) is 14.8. The van der Waals surface area contributed by atoms with Gasteiger partial charge < -0.3 is 10.6 Å². The quantitative estimate of drug-likeness (QED) is 0.886. The van der Waals surface area contributed by atoms with Gasteiger partial charge in [-0.2, -0.15) is 5.10 Å². The molecule has 1 aliphatic heterocycles. The summed E-state index contributed by atoms with van der Waals surface area (Å²) in [6.45, 7) is 3.28. The second-order valence-electron chi connectivity index (χ2n) is 5.50. The molecule has 0 saturated carbocycles. The van der Waals surface area contributed by atoms with Gasteiger partial charge in [0.05, 0.1) is 12.2 Å². The molecule has 1 aromatic heterocycles. The predicted octanol–water partition coefficient (Wildman–Crippen LogP) is 1.06. The summed E-state index contributed by atoms with van der Waals surface area (Å²) >= 11 is 0. The van der Waals surface area contributed by atoms with Crippen LogP contribution in [0.5, 0.6) is 0 Å². The second kappa shape index (κ2) is 5.69. The fourth-order valence-electron chi connectivity index (χ4n) is 2.66. The van der Waals surface area contributed by atoms with Gasteiger partial charge in [0.1, 0.15) is 0 Å². The van der Waals surface area contributed by atoms with E-state index in [0.29, 0.717) is 6.54 Å². The highest BCUT2D eigenvalue weighted by Crippen LogP contribution is 2.16. The highest BCUT2D eigenvalue weighted by molar-refractivity contribution is 5.82. The standard InChI is InChI=1S/C16H20N4O/c1-11-14(10-19-20(11)2)9-18-16(21)15-7-12-5-3-4-6-13(12)8-17-15/h3-6,10,15,17H,7-9H2,1-2H3,(H,18,21)/t15-/m1/s1. The van der Waals surface area contributed by atoms with Crippen LogP contribution in [0.25, 0.3) is 0 Å². The number of hydrogen-bond acceptors (Lipinski definition) is 3. The van der Waals surface area contributed by atoms with Gasteiger partial charge in [-0.3, -0.25) is 9.48 Å². The van der Waals surface area contributed by atoms with Gasteiger partial charge in [-0.15, -0.1) is 0 Å². The lowest BCUT2D eigenvalue weighted by atomic mass is 9.95. The normalized spacial score (nSPS) is 17.3. The van der Waals surface area contributed by atoms with Crippen molar-refractivity contribution in [3.63, 3.8) is 0 Å². The number of hydrogen-bond donors (Lipinski definition) is 2. The molecule has 0 saturated heterocycles. The van der Waals surface area contributed by atoms with Crippen LogP contribution in [0.3, 0.4) is 0 Å². The molecule has 0 fully saturated rings. The molecule has 2 aromatic rings. The lowest BCUT2D eigenvalue weighted by Gasteiger charge is -2.25. The molecule has 0 aliphatic carbocycles. The van der Waals surface area contributed by atoms with Crippen LogP contribution in [0.2, 0.25) is 0 Å². The molecule has 1 aromatic carbocycles. The van der Waals surface area contributed by atoms with Gasteiger partial charge >= 0.3 is 0 Å². The predicted molar refractivity (Wildman–Crippen MR) is 80.6 cm³/mol. The molecule has 110 valence electrons. The minimum absolute atomic E-state index is 0.0488. The fraction of sp³-hybridized carbons (Fsp3) is 0.375. The maximum absolute atomic E-state index is 12.3. The van der Waals surface area contributed by atoms with Gasteiger partial charge in [0.15, 0.2) is 0 Å². The average molecular weight is 284 g/mol. The van der Waals surface area contributed by atoms with E-state index < -0.39 is 0 Å². The number of benzene rings is 1. The van der Waals surface area contributed by atoms with Crippen molar-refractivity contribution in [3.05, 3.63) is 52.8 Å². The number of fused-ring (bicyclic) bond motifs is 1. The molecule has 5 nitrogen and oxygen atoms in total. The molecule has 0 bridgehead atoms. The Morgan fingerprint density at radius 2 is 2.19 bits per heavy atom. The van der Waals surface area contributed by atoms with Gasteiger partial charge in [0.25, 0.3) is 0 Å². The Hall–Kier alpha value is -2.14. The van der Waals surface area contributed by atoms with Gasteiger partial charge in [0.2, 0.25) is 5.91 Å². The molecule has 2 N–H and O–H groups in total. The smallest absolute Gasteiger partial charge is 0.237 e. The SMILES string of the molecule is Cc1c(CNC(=O)[C@H]2Cc3ccccc3CN2)cnn1C. The molecule has 5 heteroatoms. The van der Waals surface area contributed by atoms with Crippen molar-refractivity contribution in [3.8, 4) is 0 Å².